The number of para-hydroxylation sites is 1. The maximum Gasteiger partial charge on any atom is 0.315 e. The molecule has 0 heterocycles. The van der Waals surface area contributed by atoms with Crippen molar-refractivity contribution in [3.05, 3.63) is 29.8 Å². The van der Waals surface area contributed by atoms with Gasteiger partial charge in [-0.25, -0.2) is 0 Å². The lowest BCUT2D eigenvalue weighted by Crippen LogP contribution is -2.24. The molecule has 5 nitrogen and oxygen atoms in total. The van der Waals surface area contributed by atoms with Crippen LogP contribution in [0, 0.1) is 11.3 Å². The van der Waals surface area contributed by atoms with Crippen LogP contribution in [-0.4, -0.2) is 29.5 Å². The van der Waals surface area contributed by atoms with Crippen molar-refractivity contribution in [2.75, 3.05) is 17.7 Å². The molecule has 0 aliphatic heterocycles. The number of thioether (sulfide) groups is 1. The van der Waals surface area contributed by atoms with E-state index in [0.717, 1.165) is 0 Å². The summed E-state index contributed by atoms with van der Waals surface area (Å²) >= 11 is 1.20. The molecule has 0 aliphatic rings. The summed E-state index contributed by atoms with van der Waals surface area (Å²) < 4.78 is 4.79. The quantitative estimate of drug-likeness (QED) is 0.813. The Hall–Kier alpha value is -2.00. The van der Waals surface area contributed by atoms with Crippen molar-refractivity contribution in [2.24, 2.45) is 0 Å². The Bertz CT molecular complexity index is 525. The van der Waals surface area contributed by atoms with E-state index in [9.17, 15) is 9.59 Å². The normalized spacial score (nSPS) is 11.2. The Kier molecular flexibility index (Phi) is 6.60. The first-order valence-corrected chi connectivity index (χ1v) is 7.20. The third-order valence-corrected chi connectivity index (χ3v) is 3.55. The number of carbonyl (C=O) groups is 2. The fourth-order valence-electron chi connectivity index (χ4n) is 1.40. The fraction of sp³-hybridized carbons (Fsp3) is 0.357. The maximum absolute atomic E-state index is 12.0. The molecular formula is C14H16N2O3S. The van der Waals surface area contributed by atoms with Crippen LogP contribution >= 0.6 is 11.8 Å². The predicted molar refractivity (Wildman–Crippen MR) is 78.3 cm³/mol. The lowest BCUT2D eigenvalue weighted by Gasteiger charge is -2.12. The molecule has 0 unspecified atom stereocenters. The van der Waals surface area contributed by atoms with Gasteiger partial charge in [-0.05, 0) is 26.0 Å². The minimum atomic E-state index is -0.411. The molecule has 0 saturated carbocycles. The second-order valence-electron chi connectivity index (χ2n) is 3.90. The van der Waals surface area contributed by atoms with Crippen LogP contribution in [0.5, 0.6) is 0 Å². The van der Waals surface area contributed by atoms with Crippen molar-refractivity contribution in [1.82, 2.24) is 0 Å². The summed E-state index contributed by atoms with van der Waals surface area (Å²) in [6.07, 6.45) is 0. The molecule has 1 N–H and O–H groups in total. The van der Waals surface area contributed by atoms with Gasteiger partial charge in [0.1, 0.15) is 6.07 Å². The second-order valence-corrected chi connectivity index (χ2v) is 5.23. The highest BCUT2D eigenvalue weighted by molar-refractivity contribution is 8.01. The van der Waals surface area contributed by atoms with Crippen molar-refractivity contribution in [3.8, 4) is 6.07 Å². The minimum absolute atomic E-state index is 0.127. The number of amides is 1. The minimum Gasteiger partial charge on any atom is -0.465 e. The maximum atomic E-state index is 12.0. The Morgan fingerprint density at radius 2 is 2.15 bits per heavy atom. The van der Waals surface area contributed by atoms with Gasteiger partial charge in [-0.1, -0.05) is 12.1 Å². The van der Waals surface area contributed by atoms with Gasteiger partial charge in [-0.15, -0.1) is 11.8 Å². The van der Waals surface area contributed by atoms with Gasteiger partial charge in [-0.3, -0.25) is 9.59 Å². The van der Waals surface area contributed by atoms with E-state index in [1.54, 1.807) is 38.1 Å². The number of nitrogens with one attached hydrogen (secondary N) is 1. The molecule has 0 saturated heterocycles. The number of anilines is 1. The topological polar surface area (TPSA) is 79.2 Å². The molecule has 1 aromatic rings. The van der Waals surface area contributed by atoms with Crippen molar-refractivity contribution < 1.29 is 14.3 Å². The third kappa shape index (κ3) is 4.94. The summed E-state index contributed by atoms with van der Waals surface area (Å²) in [4.78, 5) is 23.2. The second kappa shape index (κ2) is 8.23. The number of nitrogens with zero attached hydrogens (tertiary/aromatic N) is 1. The van der Waals surface area contributed by atoms with Gasteiger partial charge >= 0.3 is 5.97 Å². The standard InChI is InChI=1S/C14H16N2O3S/c1-3-19-13(17)9-20-10(2)14(18)16-12-7-5-4-6-11(12)8-15/h4-7,10H,3,9H2,1-2H3,(H,16,18)/t10-/m0/s1. The average Bonchev–Trinajstić information content (AvgIpc) is 2.45. The van der Waals surface area contributed by atoms with Crippen LogP contribution < -0.4 is 5.32 Å². The van der Waals surface area contributed by atoms with Crippen molar-refractivity contribution in [1.29, 1.82) is 5.26 Å². The zero-order valence-corrected chi connectivity index (χ0v) is 12.2. The van der Waals surface area contributed by atoms with Crippen molar-refractivity contribution >= 4 is 29.3 Å². The van der Waals surface area contributed by atoms with Gasteiger partial charge in [0.25, 0.3) is 0 Å². The van der Waals surface area contributed by atoms with Gasteiger partial charge in [0.15, 0.2) is 0 Å². The van der Waals surface area contributed by atoms with Gasteiger partial charge in [0, 0.05) is 0 Å². The van der Waals surface area contributed by atoms with E-state index in [4.69, 9.17) is 10.00 Å². The molecule has 1 aromatic carbocycles. The van der Waals surface area contributed by atoms with Crippen LogP contribution in [0.4, 0.5) is 5.69 Å². The van der Waals surface area contributed by atoms with Gasteiger partial charge in [0.2, 0.25) is 5.91 Å². The number of esters is 1. The van der Waals surface area contributed by atoms with E-state index in [-0.39, 0.29) is 17.6 Å². The Morgan fingerprint density at radius 3 is 2.80 bits per heavy atom. The summed E-state index contributed by atoms with van der Waals surface area (Å²) in [6, 6.07) is 8.78. The SMILES string of the molecule is CCOC(=O)CS[C@@H](C)C(=O)Nc1ccccc1C#N. The van der Waals surface area contributed by atoms with Gasteiger partial charge in [0.05, 0.1) is 28.9 Å². The van der Waals surface area contributed by atoms with E-state index in [2.05, 4.69) is 5.32 Å². The molecular weight excluding hydrogens is 276 g/mol. The molecule has 0 radical (unpaired) electrons. The smallest absolute Gasteiger partial charge is 0.315 e. The summed E-state index contributed by atoms with van der Waals surface area (Å²) in [5, 5.41) is 11.2. The molecule has 106 valence electrons. The number of ether oxygens (including phenoxy) is 1. The van der Waals surface area contributed by atoms with E-state index in [0.29, 0.717) is 17.9 Å². The molecule has 1 rings (SSSR count). The number of benzene rings is 1. The highest BCUT2D eigenvalue weighted by atomic mass is 32.2. The summed E-state index contributed by atoms with van der Waals surface area (Å²) in [5.41, 5.74) is 0.882. The van der Waals surface area contributed by atoms with Crippen LogP contribution in [0.25, 0.3) is 0 Å². The van der Waals surface area contributed by atoms with Crippen molar-refractivity contribution in [3.63, 3.8) is 0 Å². The zero-order valence-electron chi connectivity index (χ0n) is 11.4. The molecule has 0 fully saturated rings. The molecule has 0 aromatic heterocycles. The number of hydrogen-bond acceptors (Lipinski definition) is 5. The van der Waals surface area contributed by atoms with Crippen molar-refractivity contribution in [2.45, 2.75) is 19.1 Å². The van der Waals surface area contributed by atoms with Crippen LogP contribution in [-0.2, 0) is 14.3 Å². The molecule has 1 atom stereocenters. The molecule has 1 amide bonds. The molecule has 6 heteroatoms. The first-order chi connectivity index (χ1) is 9.58. The van der Waals surface area contributed by atoms with Gasteiger partial charge in [-0.2, -0.15) is 5.26 Å². The Balaban J connectivity index is 2.54. The predicted octanol–water partition coefficient (Wildman–Crippen LogP) is 2.18. The first-order valence-electron chi connectivity index (χ1n) is 6.15. The fourth-order valence-corrected chi connectivity index (χ4v) is 2.08. The monoisotopic (exact) mass is 292 g/mol. The van der Waals surface area contributed by atoms with E-state index in [1.165, 1.54) is 11.8 Å². The number of carbonyl (C=O) groups excluding carboxylic acids is 2. The zero-order chi connectivity index (χ0) is 15.0. The Labute approximate surface area is 122 Å². The summed E-state index contributed by atoms with van der Waals surface area (Å²) in [5.74, 6) is -0.459. The van der Waals surface area contributed by atoms with Crippen LogP contribution in [0.3, 0.4) is 0 Å². The first kappa shape index (κ1) is 16.1. The molecule has 0 spiro atoms. The lowest BCUT2D eigenvalue weighted by atomic mass is 10.2. The summed E-state index contributed by atoms with van der Waals surface area (Å²) in [7, 11) is 0. The van der Waals surface area contributed by atoms with Crippen LogP contribution in [0.2, 0.25) is 0 Å². The van der Waals surface area contributed by atoms with E-state index < -0.39 is 5.25 Å². The third-order valence-electron chi connectivity index (χ3n) is 2.43. The largest absolute Gasteiger partial charge is 0.465 e. The molecule has 20 heavy (non-hydrogen) atoms. The van der Waals surface area contributed by atoms with E-state index >= 15 is 0 Å². The molecule has 0 aliphatic carbocycles. The lowest BCUT2D eigenvalue weighted by molar-refractivity contribution is -0.139. The van der Waals surface area contributed by atoms with Gasteiger partial charge < -0.3 is 10.1 Å². The number of hydrogen-bond donors (Lipinski definition) is 1. The van der Waals surface area contributed by atoms with Crippen LogP contribution in [0.1, 0.15) is 19.4 Å². The van der Waals surface area contributed by atoms with Crippen LogP contribution in [0.15, 0.2) is 24.3 Å². The number of nitriles is 1. The highest BCUT2D eigenvalue weighted by Crippen LogP contribution is 2.17. The Morgan fingerprint density at radius 1 is 1.45 bits per heavy atom. The van der Waals surface area contributed by atoms with E-state index in [1.807, 2.05) is 6.07 Å². The summed E-state index contributed by atoms with van der Waals surface area (Å²) in [6.45, 7) is 3.77. The number of rotatable bonds is 6. The average molecular weight is 292 g/mol. The molecule has 0 bridgehead atoms. The highest BCUT2D eigenvalue weighted by Gasteiger charge is 2.16.